The normalized spacial score (nSPS) is 43.1. The van der Waals surface area contributed by atoms with E-state index in [9.17, 15) is 9.90 Å². The summed E-state index contributed by atoms with van der Waals surface area (Å²) in [4.78, 5) is 12.8. The van der Waals surface area contributed by atoms with Crippen LogP contribution in [-0.2, 0) is 4.79 Å². The van der Waals surface area contributed by atoms with E-state index in [-0.39, 0.29) is 17.4 Å². The number of fused-ring (bicyclic) bond motifs is 1. The predicted octanol–water partition coefficient (Wildman–Crippen LogP) is 3.74. The molecule has 0 heterocycles. The molecule has 0 spiro atoms. The Morgan fingerprint density at radius 1 is 1.47 bits per heavy atom. The van der Waals surface area contributed by atoms with Crippen molar-refractivity contribution >= 4 is 5.78 Å². The molecule has 0 aromatic carbocycles. The van der Waals surface area contributed by atoms with Crippen LogP contribution < -0.4 is 0 Å². The Morgan fingerprint density at radius 2 is 2.16 bits per heavy atom. The zero-order valence-corrected chi connectivity index (χ0v) is 12.8. The van der Waals surface area contributed by atoms with Crippen molar-refractivity contribution in [1.29, 1.82) is 0 Å². The summed E-state index contributed by atoms with van der Waals surface area (Å²) in [6.07, 6.45) is 6.65. The van der Waals surface area contributed by atoms with Crippen LogP contribution in [-0.4, -0.2) is 17.0 Å². The molecule has 2 heteroatoms. The molecule has 0 amide bonds. The lowest BCUT2D eigenvalue weighted by molar-refractivity contribution is -0.138. The largest absolute Gasteiger partial charge is 0.393 e. The number of ketones is 1. The fourth-order valence-corrected chi connectivity index (χ4v) is 4.02. The predicted molar refractivity (Wildman–Crippen MR) is 77.8 cm³/mol. The molecule has 1 N–H and O–H groups in total. The number of carbonyl (C=O) groups excluding carboxylic acids is 1. The Bertz CT molecular complexity index is 385. The van der Waals surface area contributed by atoms with Gasteiger partial charge in [0.15, 0.2) is 5.78 Å². The van der Waals surface area contributed by atoms with E-state index < -0.39 is 0 Å². The van der Waals surface area contributed by atoms with Crippen molar-refractivity contribution in [3.8, 4) is 0 Å². The number of rotatable bonds is 2. The zero-order valence-electron chi connectivity index (χ0n) is 12.8. The Hall–Kier alpha value is -0.630. The highest BCUT2D eigenvalue weighted by atomic mass is 16.3. The number of hydrogen-bond acceptors (Lipinski definition) is 2. The minimum atomic E-state index is -0.226. The average molecular weight is 264 g/mol. The van der Waals surface area contributed by atoms with Crippen LogP contribution in [0.4, 0.5) is 0 Å². The SMILES string of the molecule is CCC(C)C=C1CCC2[C@H](C)C(O)CC[C@]2(C)C1=O. The molecule has 0 aliphatic heterocycles. The number of aliphatic hydroxyl groups is 1. The second-order valence-corrected chi connectivity index (χ2v) is 6.93. The van der Waals surface area contributed by atoms with Gasteiger partial charge in [-0.15, -0.1) is 0 Å². The molecule has 0 bridgehead atoms. The Kier molecular flexibility index (Phi) is 4.20. The summed E-state index contributed by atoms with van der Waals surface area (Å²) in [6.45, 7) is 8.59. The van der Waals surface area contributed by atoms with Gasteiger partial charge < -0.3 is 5.11 Å². The van der Waals surface area contributed by atoms with Crippen LogP contribution in [0, 0.1) is 23.2 Å². The fourth-order valence-electron chi connectivity index (χ4n) is 4.02. The number of carbonyl (C=O) groups is 1. The third kappa shape index (κ3) is 2.52. The van der Waals surface area contributed by atoms with Gasteiger partial charge in [-0.3, -0.25) is 4.79 Å². The van der Waals surface area contributed by atoms with Gasteiger partial charge in [-0.1, -0.05) is 40.2 Å². The molecular weight excluding hydrogens is 236 g/mol. The summed E-state index contributed by atoms with van der Waals surface area (Å²) in [6, 6.07) is 0. The third-order valence-electron chi connectivity index (χ3n) is 5.68. The molecule has 2 fully saturated rings. The van der Waals surface area contributed by atoms with Crippen LogP contribution >= 0.6 is 0 Å². The first-order valence-electron chi connectivity index (χ1n) is 7.83. The summed E-state index contributed by atoms with van der Waals surface area (Å²) in [7, 11) is 0. The Morgan fingerprint density at radius 3 is 2.79 bits per heavy atom. The van der Waals surface area contributed by atoms with Crippen LogP contribution in [0.3, 0.4) is 0 Å². The monoisotopic (exact) mass is 264 g/mol. The van der Waals surface area contributed by atoms with Crippen LogP contribution in [0.1, 0.15) is 59.8 Å². The molecule has 2 aliphatic rings. The second-order valence-electron chi connectivity index (χ2n) is 6.93. The van der Waals surface area contributed by atoms with Crippen molar-refractivity contribution in [1.82, 2.24) is 0 Å². The summed E-state index contributed by atoms with van der Waals surface area (Å²) >= 11 is 0. The van der Waals surface area contributed by atoms with Crippen LogP contribution in [0.15, 0.2) is 11.6 Å². The van der Waals surface area contributed by atoms with Gasteiger partial charge in [0.25, 0.3) is 0 Å². The Labute approximate surface area is 117 Å². The lowest BCUT2D eigenvalue weighted by Gasteiger charge is -2.49. The molecule has 3 unspecified atom stereocenters. The minimum absolute atomic E-state index is 0.217. The van der Waals surface area contributed by atoms with Gasteiger partial charge in [0.05, 0.1) is 6.10 Å². The number of Topliss-reactive ketones (excluding diaryl/α,β-unsaturated/α-hetero) is 1. The van der Waals surface area contributed by atoms with Crippen molar-refractivity contribution in [2.24, 2.45) is 23.2 Å². The molecule has 108 valence electrons. The average Bonchev–Trinajstić information content (AvgIpc) is 2.39. The van der Waals surface area contributed by atoms with Gasteiger partial charge in [0.2, 0.25) is 0 Å². The van der Waals surface area contributed by atoms with Gasteiger partial charge >= 0.3 is 0 Å². The fraction of sp³-hybridized carbons (Fsp3) is 0.824. The van der Waals surface area contributed by atoms with Gasteiger partial charge in [0, 0.05) is 5.41 Å². The quantitative estimate of drug-likeness (QED) is 0.772. The summed E-state index contributed by atoms with van der Waals surface area (Å²) in [5.74, 6) is 1.47. The topological polar surface area (TPSA) is 37.3 Å². The molecule has 2 nitrogen and oxygen atoms in total. The maximum atomic E-state index is 12.8. The van der Waals surface area contributed by atoms with Crippen molar-refractivity contribution in [3.05, 3.63) is 11.6 Å². The standard InChI is InChI=1S/C17H28O2/c1-5-11(2)10-13-6-7-14-12(3)15(18)8-9-17(14,4)16(13)19/h10-12,14-15,18H,5-9H2,1-4H3/t11?,12-,14?,15?,17-/m0/s1. The maximum Gasteiger partial charge on any atom is 0.164 e. The Balaban J connectivity index is 2.25. The highest BCUT2D eigenvalue weighted by molar-refractivity contribution is 6.00. The van der Waals surface area contributed by atoms with E-state index in [1.807, 2.05) is 0 Å². The third-order valence-corrected chi connectivity index (χ3v) is 5.68. The first kappa shape index (κ1) is 14.8. The molecule has 0 aromatic rings. The van der Waals surface area contributed by atoms with Crippen molar-refractivity contribution in [3.63, 3.8) is 0 Å². The van der Waals surface area contributed by atoms with E-state index >= 15 is 0 Å². The molecule has 0 radical (unpaired) electrons. The number of hydrogen-bond donors (Lipinski definition) is 1. The smallest absolute Gasteiger partial charge is 0.164 e. The van der Waals surface area contributed by atoms with Crippen molar-refractivity contribution in [2.45, 2.75) is 65.9 Å². The number of aliphatic hydroxyl groups excluding tert-OH is 1. The van der Waals surface area contributed by atoms with E-state index in [2.05, 4.69) is 33.8 Å². The van der Waals surface area contributed by atoms with Gasteiger partial charge in [-0.25, -0.2) is 0 Å². The summed E-state index contributed by atoms with van der Waals surface area (Å²) in [5.41, 5.74) is 0.826. The molecule has 2 saturated carbocycles. The number of allylic oxidation sites excluding steroid dienone is 2. The lowest BCUT2D eigenvalue weighted by Crippen LogP contribution is -2.50. The van der Waals surface area contributed by atoms with Crippen LogP contribution in [0.5, 0.6) is 0 Å². The van der Waals surface area contributed by atoms with E-state index in [0.717, 1.165) is 37.7 Å². The molecule has 19 heavy (non-hydrogen) atoms. The first-order chi connectivity index (χ1) is 8.90. The molecule has 2 rings (SSSR count). The maximum absolute atomic E-state index is 12.8. The van der Waals surface area contributed by atoms with Crippen molar-refractivity contribution < 1.29 is 9.90 Å². The lowest BCUT2D eigenvalue weighted by atomic mass is 9.54. The molecule has 2 aliphatic carbocycles. The van der Waals surface area contributed by atoms with E-state index in [0.29, 0.717) is 17.6 Å². The van der Waals surface area contributed by atoms with Gasteiger partial charge in [-0.05, 0) is 49.0 Å². The second kappa shape index (κ2) is 5.40. The zero-order chi connectivity index (χ0) is 14.2. The molecular formula is C17H28O2. The minimum Gasteiger partial charge on any atom is -0.393 e. The summed E-state index contributed by atoms with van der Waals surface area (Å²) in [5, 5.41) is 10.0. The van der Waals surface area contributed by atoms with Crippen molar-refractivity contribution in [2.75, 3.05) is 0 Å². The van der Waals surface area contributed by atoms with Gasteiger partial charge in [-0.2, -0.15) is 0 Å². The van der Waals surface area contributed by atoms with E-state index in [1.165, 1.54) is 0 Å². The first-order valence-corrected chi connectivity index (χ1v) is 7.83. The van der Waals surface area contributed by atoms with E-state index in [4.69, 9.17) is 0 Å². The van der Waals surface area contributed by atoms with Crippen LogP contribution in [0.2, 0.25) is 0 Å². The van der Waals surface area contributed by atoms with E-state index in [1.54, 1.807) is 0 Å². The molecule has 0 aromatic heterocycles. The highest BCUT2D eigenvalue weighted by Crippen LogP contribution is 2.52. The highest BCUT2D eigenvalue weighted by Gasteiger charge is 2.51. The van der Waals surface area contributed by atoms with Gasteiger partial charge in [0.1, 0.15) is 0 Å². The summed E-state index contributed by atoms with van der Waals surface area (Å²) < 4.78 is 0. The molecule has 5 atom stereocenters. The van der Waals surface area contributed by atoms with Crippen LogP contribution in [0.25, 0.3) is 0 Å². The molecule has 0 saturated heterocycles.